The Kier molecular flexibility index (Phi) is 9.03. The molecule has 3 aliphatic heterocycles. The number of ether oxygens (including phenoxy) is 1. The molecule has 0 aliphatic carbocycles. The first-order valence-corrected chi connectivity index (χ1v) is 15.1. The Morgan fingerprint density at radius 2 is 1.83 bits per heavy atom. The Labute approximate surface area is 265 Å². The lowest BCUT2D eigenvalue weighted by atomic mass is 9.79. The van der Waals surface area contributed by atoms with Crippen LogP contribution < -0.4 is 5.32 Å². The number of fused-ring (bicyclic) bond motifs is 1. The van der Waals surface area contributed by atoms with Crippen LogP contribution in [0.25, 0.3) is 0 Å². The number of hydrogen-bond acceptors (Lipinski definition) is 10. The zero-order valence-electron chi connectivity index (χ0n) is 24.6. The molecule has 242 valence electrons. The molecule has 2 saturated heterocycles. The van der Waals surface area contributed by atoms with Gasteiger partial charge in [-0.2, -0.15) is 0 Å². The van der Waals surface area contributed by atoms with E-state index in [1.165, 1.54) is 65.3 Å². The van der Waals surface area contributed by atoms with Gasteiger partial charge in [0.15, 0.2) is 0 Å². The zero-order valence-corrected chi connectivity index (χ0v) is 25.4. The molecule has 0 unspecified atom stereocenters. The number of thioether (sulfide) groups is 1. The van der Waals surface area contributed by atoms with Crippen LogP contribution in [0.5, 0.6) is 0 Å². The van der Waals surface area contributed by atoms with Crippen molar-refractivity contribution >= 4 is 53.0 Å². The number of aliphatic carboxylic acids is 1. The molecule has 0 radical (unpaired) electrons. The van der Waals surface area contributed by atoms with Gasteiger partial charge in [0.25, 0.3) is 5.69 Å². The highest BCUT2D eigenvalue weighted by molar-refractivity contribution is 8.03. The van der Waals surface area contributed by atoms with E-state index in [1.54, 1.807) is 6.92 Å². The number of hydrogen-bond donors (Lipinski definition) is 4. The van der Waals surface area contributed by atoms with Gasteiger partial charge in [0.2, 0.25) is 11.8 Å². The molecular weight excluding hydrogens is 624 g/mol. The number of nitro benzene ring substituents is 1. The number of aliphatic hydroxyl groups is 1. The second-order valence-electron chi connectivity index (χ2n) is 11.3. The fraction of sp³-hybridized carbons (Fsp3) is 0.367. The van der Waals surface area contributed by atoms with E-state index in [2.05, 4.69) is 5.32 Å². The topological polar surface area (TPSA) is 217 Å². The first-order chi connectivity index (χ1) is 21.8. The van der Waals surface area contributed by atoms with E-state index in [-0.39, 0.29) is 42.2 Å². The summed E-state index contributed by atoms with van der Waals surface area (Å²) >= 11 is 1.15. The van der Waals surface area contributed by atoms with Crippen molar-refractivity contribution in [3.63, 3.8) is 0 Å². The van der Waals surface area contributed by atoms with E-state index in [0.717, 1.165) is 11.8 Å². The largest absolute Gasteiger partial charge is 0.478 e. The first kappa shape index (κ1) is 32.4. The molecule has 4 N–H and O–H groups in total. The SMILES string of the molecule is C[C@@H](O)[C@H]1C(=O)N2C(C(=O)O)=C(S[C@H]3C[C@@H](C(=O)Nc4cccc(C(=O)O)c4)N(C(=O)OCc4ccc([N+](=O)[O-])cc4)C3)[C@H](C)[C@H]12. The van der Waals surface area contributed by atoms with Crippen molar-refractivity contribution in [2.75, 3.05) is 11.9 Å². The minimum Gasteiger partial charge on any atom is -0.478 e. The van der Waals surface area contributed by atoms with Gasteiger partial charge in [-0.05, 0) is 49.2 Å². The molecule has 5 rings (SSSR count). The van der Waals surface area contributed by atoms with E-state index in [0.29, 0.717) is 10.5 Å². The van der Waals surface area contributed by atoms with Crippen LogP contribution in [0.3, 0.4) is 0 Å². The first-order valence-electron chi connectivity index (χ1n) is 14.2. The van der Waals surface area contributed by atoms with Gasteiger partial charge in [0.1, 0.15) is 18.3 Å². The second kappa shape index (κ2) is 12.8. The summed E-state index contributed by atoms with van der Waals surface area (Å²) in [6, 6.07) is 9.33. The highest BCUT2D eigenvalue weighted by Gasteiger charge is 2.60. The van der Waals surface area contributed by atoms with Gasteiger partial charge in [0.05, 0.1) is 28.6 Å². The van der Waals surface area contributed by atoms with Crippen molar-refractivity contribution in [2.24, 2.45) is 11.8 Å². The van der Waals surface area contributed by atoms with Crippen LogP contribution in [0.2, 0.25) is 0 Å². The maximum Gasteiger partial charge on any atom is 0.410 e. The molecule has 0 saturated carbocycles. The normalized spacial score (nSPS) is 24.2. The number of carboxylic acid groups (broad SMARTS) is 2. The van der Waals surface area contributed by atoms with Crippen LogP contribution in [0.1, 0.15) is 36.2 Å². The highest BCUT2D eigenvalue weighted by atomic mass is 32.2. The van der Waals surface area contributed by atoms with Crippen LogP contribution in [-0.2, 0) is 25.7 Å². The van der Waals surface area contributed by atoms with Gasteiger partial charge in [-0.25, -0.2) is 14.4 Å². The van der Waals surface area contributed by atoms with E-state index in [1.807, 2.05) is 0 Å². The number of benzene rings is 2. The Balaban J connectivity index is 1.37. The fourth-order valence-electron chi connectivity index (χ4n) is 6.09. The molecule has 46 heavy (non-hydrogen) atoms. The Bertz CT molecular complexity index is 1640. The van der Waals surface area contributed by atoms with Crippen molar-refractivity contribution in [3.05, 3.63) is 80.4 Å². The molecule has 0 bridgehead atoms. The lowest BCUT2D eigenvalue weighted by Crippen LogP contribution is -2.63. The van der Waals surface area contributed by atoms with Gasteiger partial charge in [-0.3, -0.25) is 24.6 Å². The zero-order chi connectivity index (χ0) is 33.4. The lowest BCUT2D eigenvalue weighted by molar-refractivity contribution is -0.384. The van der Waals surface area contributed by atoms with Crippen LogP contribution >= 0.6 is 11.8 Å². The third kappa shape index (κ3) is 6.12. The van der Waals surface area contributed by atoms with Crippen LogP contribution in [0.4, 0.5) is 16.2 Å². The van der Waals surface area contributed by atoms with E-state index in [4.69, 9.17) is 4.74 Å². The van der Waals surface area contributed by atoms with Gasteiger partial charge in [0, 0.05) is 40.4 Å². The maximum atomic E-state index is 13.5. The van der Waals surface area contributed by atoms with E-state index < -0.39 is 70.0 Å². The summed E-state index contributed by atoms with van der Waals surface area (Å²) in [5.41, 5.74) is 0.270. The molecule has 2 aromatic rings. The van der Waals surface area contributed by atoms with Gasteiger partial charge >= 0.3 is 18.0 Å². The number of rotatable bonds is 10. The van der Waals surface area contributed by atoms with Crippen molar-refractivity contribution in [3.8, 4) is 0 Å². The van der Waals surface area contributed by atoms with Crippen LogP contribution in [0, 0.1) is 22.0 Å². The standard InChI is InChI=1S/C30H30N4O11S/c1-14-23-22(15(2)35)27(37)33(23)24(29(40)41)25(14)46-20-11-21(26(36)31-18-5-3-4-17(10-18)28(38)39)32(12-20)30(42)45-13-16-6-8-19(9-7-16)34(43)44/h3-10,14-15,20-23,35H,11-13H2,1-2H3,(H,31,36)(H,38,39)(H,40,41)/t14-,15-,20+,21+,22-,23-/m1/s1. The summed E-state index contributed by atoms with van der Waals surface area (Å²) in [6.07, 6.45) is -1.76. The fourth-order valence-corrected chi connectivity index (χ4v) is 7.61. The summed E-state index contributed by atoms with van der Waals surface area (Å²) in [6.45, 7) is 2.97. The number of aromatic carboxylic acids is 1. The van der Waals surface area contributed by atoms with E-state index in [9.17, 15) is 49.4 Å². The van der Waals surface area contributed by atoms with Gasteiger partial charge < -0.3 is 30.3 Å². The molecule has 3 heterocycles. The Morgan fingerprint density at radius 3 is 2.43 bits per heavy atom. The van der Waals surface area contributed by atoms with Crippen molar-refractivity contribution < 1.29 is 49.0 Å². The molecule has 15 nitrogen and oxygen atoms in total. The minimum absolute atomic E-state index is 0.0292. The van der Waals surface area contributed by atoms with Crippen molar-refractivity contribution in [1.29, 1.82) is 0 Å². The summed E-state index contributed by atoms with van der Waals surface area (Å²) < 4.78 is 5.45. The molecule has 3 aliphatic rings. The number of nitrogens with zero attached hydrogens (tertiary/aromatic N) is 3. The number of likely N-dealkylation sites (tertiary alicyclic amines) is 1. The smallest absolute Gasteiger partial charge is 0.410 e. The number of carbonyl (C=O) groups excluding carboxylic acids is 3. The number of amides is 3. The van der Waals surface area contributed by atoms with E-state index >= 15 is 0 Å². The molecular formula is C30H30N4O11S. The predicted octanol–water partition coefficient (Wildman–Crippen LogP) is 2.90. The number of nitro groups is 1. The molecule has 0 aromatic heterocycles. The average Bonchev–Trinajstić information content (AvgIpc) is 3.53. The number of anilines is 1. The Hall–Kier alpha value is -4.96. The predicted molar refractivity (Wildman–Crippen MR) is 161 cm³/mol. The average molecular weight is 655 g/mol. The summed E-state index contributed by atoms with van der Waals surface area (Å²) in [7, 11) is 0. The minimum atomic E-state index is -1.31. The molecule has 2 aromatic carbocycles. The third-order valence-corrected chi connectivity index (χ3v) is 9.79. The summed E-state index contributed by atoms with van der Waals surface area (Å²) in [5, 5.41) is 42.6. The summed E-state index contributed by atoms with van der Waals surface area (Å²) in [4.78, 5) is 76.5. The quantitative estimate of drug-likeness (QED) is 0.165. The van der Waals surface area contributed by atoms with Crippen LogP contribution in [0.15, 0.2) is 59.1 Å². The Morgan fingerprint density at radius 1 is 1.13 bits per heavy atom. The number of aliphatic hydroxyl groups excluding tert-OH is 1. The molecule has 16 heteroatoms. The van der Waals surface area contributed by atoms with Crippen molar-refractivity contribution in [2.45, 2.75) is 50.3 Å². The number of nitrogens with one attached hydrogen (secondary N) is 1. The number of carbonyl (C=O) groups is 5. The van der Waals surface area contributed by atoms with Gasteiger partial charge in [-0.1, -0.05) is 13.0 Å². The van der Waals surface area contributed by atoms with Gasteiger partial charge in [-0.15, -0.1) is 11.8 Å². The number of carboxylic acids is 2. The van der Waals surface area contributed by atoms with Crippen LogP contribution in [-0.4, -0.2) is 89.9 Å². The molecule has 2 fully saturated rings. The summed E-state index contributed by atoms with van der Waals surface area (Å²) in [5.74, 6) is -4.79. The number of non-ortho nitro benzene ring substituents is 1. The second-order valence-corrected chi connectivity index (χ2v) is 12.6. The molecule has 3 amide bonds. The molecule has 0 spiro atoms. The maximum absolute atomic E-state index is 13.5. The van der Waals surface area contributed by atoms with Crippen molar-refractivity contribution in [1.82, 2.24) is 9.80 Å². The monoisotopic (exact) mass is 654 g/mol. The highest BCUT2D eigenvalue weighted by Crippen LogP contribution is 2.52. The molecule has 6 atom stereocenters. The third-order valence-electron chi connectivity index (χ3n) is 8.29. The lowest BCUT2D eigenvalue weighted by Gasteiger charge is -2.46. The number of β-lactam (4-membered cyclic amide) rings is 1.